The molecule has 0 radical (unpaired) electrons. The van der Waals surface area contributed by atoms with E-state index in [1.165, 1.54) is 0 Å². The van der Waals surface area contributed by atoms with E-state index in [9.17, 15) is 4.79 Å². The second kappa shape index (κ2) is 2.58. The fourth-order valence-electron chi connectivity index (χ4n) is 2.06. The van der Waals surface area contributed by atoms with Crippen molar-refractivity contribution in [2.24, 2.45) is 16.7 Å². The Hall–Kier alpha value is -0.330. The number of Topliss-reactive ketones (excluding diaryl/α,β-unsaturated/α-hetero) is 1. The molecule has 1 unspecified atom stereocenters. The van der Waals surface area contributed by atoms with Gasteiger partial charge in [0.1, 0.15) is 5.78 Å². The third-order valence-electron chi connectivity index (χ3n) is 3.09. The smallest absolute Gasteiger partial charge is 0.142 e. The highest BCUT2D eigenvalue weighted by Crippen LogP contribution is 2.45. The van der Waals surface area contributed by atoms with Gasteiger partial charge in [-0.25, -0.2) is 0 Å². The summed E-state index contributed by atoms with van der Waals surface area (Å²) in [7, 11) is 0. The Balaban J connectivity index is 2.82. The van der Waals surface area contributed by atoms with Crippen LogP contribution in [0.2, 0.25) is 0 Å². The normalized spacial score (nSPS) is 29.4. The molecule has 0 amide bonds. The molecule has 1 heteroatoms. The van der Waals surface area contributed by atoms with E-state index in [-0.39, 0.29) is 16.7 Å². The van der Waals surface area contributed by atoms with E-state index in [0.717, 1.165) is 12.8 Å². The predicted molar refractivity (Wildman–Crippen MR) is 51.0 cm³/mol. The van der Waals surface area contributed by atoms with Crippen LogP contribution in [0.4, 0.5) is 0 Å². The number of hydrogen-bond acceptors (Lipinski definition) is 1. The average molecular weight is 168 g/mol. The lowest BCUT2D eigenvalue weighted by molar-refractivity contribution is -0.130. The monoisotopic (exact) mass is 168 g/mol. The molecule has 70 valence electrons. The zero-order valence-corrected chi connectivity index (χ0v) is 8.90. The Morgan fingerprint density at radius 2 is 1.83 bits per heavy atom. The van der Waals surface area contributed by atoms with Crippen molar-refractivity contribution in [3.8, 4) is 0 Å². The van der Waals surface area contributed by atoms with Crippen LogP contribution in [0.1, 0.15) is 47.5 Å². The highest BCUT2D eigenvalue weighted by Gasteiger charge is 2.45. The number of hydrogen-bond donors (Lipinski definition) is 0. The Morgan fingerprint density at radius 1 is 1.33 bits per heavy atom. The van der Waals surface area contributed by atoms with Gasteiger partial charge in [-0.15, -0.1) is 0 Å². The number of carbonyl (C=O) groups is 1. The molecule has 0 spiro atoms. The van der Waals surface area contributed by atoms with E-state index in [2.05, 4.69) is 34.6 Å². The first kappa shape index (κ1) is 9.76. The molecule has 0 N–H and O–H groups in total. The molecule has 0 saturated heterocycles. The van der Waals surface area contributed by atoms with Gasteiger partial charge in [-0.1, -0.05) is 34.6 Å². The summed E-state index contributed by atoms with van der Waals surface area (Å²) in [6, 6.07) is 0. The Labute approximate surface area is 75.5 Å². The minimum atomic E-state index is -0.0576. The van der Waals surface area contributed by atoms with Gasteiger partial charge in [0.05, 0.1) is 0 Å². The maximum Gasteiger partial charge on any atom is 0.142 e. The van der Waals surface area contributed by atoms with Crippen LogP contribution < -0.4 is 0 Å². The van der Waals surface area contributed by atoms with Crippen molar-refractivity contribution >= 4 is 5.78 Å². The number of rotatable bonds is 0. The Morgan fingerprint density at radius 3 is 2.00 bits per heavy atom. The third-order valence-corrected chi connectivity index (χ3v) is 3.09. The highest BCUT2D eigenvalue weighted by atomic mass is 16.1. The first-order valence-electron chi connectivity index (χ1n) is 4.79. The van der Waals surface area contributed by atoms with E-state index in [4.69, 9.17) is 0 Å². The largest absolute Gasteiger partial charge is 0.299 e. The van der Waals surface area contributed by atoms with Crippen LogP contribution in [-0.2, 0) is 4.79 Å². The summed E-state index contributed by atoms with van der Waals surface area (Å²) < 4.78 is 0. The SMILES string of the molecule is CC1(C)CCC(C(C)(C)C)C1=O. The van der Waals surface area contributed by atoms with E-state index >= 15 is 0 Å². The van der Waals surface area contributed by atoms with Crippen LogP contribution in [0.25, 0.3) is 0 Å². The Bertz CT molecular complexity index is 196. The predicted octanol–water partition coefficient (Wildman–Crippen LogP) is 3.04. The molecule has 1 fully saturated rings. The number of ketones is 1. The van der Waals surface area contributed by atoms with Gasteiger partial charge in [-0.3, -0.25) is 4.79 Å². The van der Waals surface area contributed by atoms with Crippen molar-refractivity contribution in [3.05, 3.63) is 0 Å². The highest BCUT2D eigenvalue weighted by molar-refractivity contribution is 5.88. The molecule has 1 nitrogen and oxygen atoms in total. The molecule has 0 heterocycles. The first-order chi connectivity index (χ1) is 5.25. The van der Waals surface area contributed by atoms with Gasteiger partial charge in [0.25, 0.3) is 0 Å². The minimum Gasteiger partial charge on any atom is -0.299 e. The lowest BCUT2D eigenvalue weighted by Crippen LogP contribution is -2.29. The van der Waals surface area contributed by atoms with Gasteiger partial charge < -0.3 is 0 Å². The van der Waals surface area contributed by atoms with Gasteiger partial charge in [0, 0.05) is 11.3 Å². The summed E-state index contributed by atoms with van der Waals surface area (Å²) in [4.78, 5) is 11.9. The first-order valence-corrected chi connectivity index (χ1v) is 4.79. The standard InChI is InChI=1S/C11H20O/c1-10(2,3)8-6-7-11(4,5)9(8)12/h8H,6-7H2,1-5H3. The summed E-state index contributed by atoms with van der Waals surface area (Å²) in [5.41, 5.74) is 0.1000. The molecule has 1 aliphatic carbocycles. The summed E-state index contributed by atoms with van der Waals surface area (Å²) in [5, 5.41) is 0. The summed E-state index contributed by atoms with van der Waals surface area (Å²) in [5.74, 6) is 0.752. The number of carbonyl (C=O) groups excluding carboxylic acids is 1. The van der Waals surface area contributed by atoms with E-state index < -0.39 is 0 Å². The summed E-state index contributed by atoms with van der Waals surface area (Å²) >= 11 is 0. The molecule has 1 saturated carbocycles. The fraction of sp³-hybridized carbons (Fsp3) is 0.909. The van der Waals surface area contributed by atoms with Crippen LogP contribution in [0.5, 0.6) is 0 Å². The molecule has 0 aromatic heterocycles. The van der Waals surface area contributed by atoms with Crippen LogP contribution >= 0.6 is 0 Å². The molecule has 1 aliphatic rings. The molecule has 0 bridgehead atoms. The molecule has 1 rings (SSSR count). The third kappa shape index (κ3) is 1.55. The van der Waals surface area contributed by atoms with Gasteiger partial charge >= 0.3 is 0 Å². The van der Waals surface area contributed by atoms with Crippen molar-refractivity contribution in [1.29, 1.82) is 0 Å². The minimum absolute atomic E-state index is 0.0576. The van der Waals surface area contributed by atoms with Crippen LogP contribution in [0, 0.1) is 16.7 Å². The maximum atomic E-state index is 11.9. The lowest BCUT2D eigenvalue weighted by atomic mass is 9.76. The topological polar surface area (TPSA) is 17.1 Å². The van der Waals surface area contributed by atoms with E-state index in [1.54, 1.807) is 0 Å². The van der Waals surface area contributed by atoms with Crippen molar-refractivity contribution < 1.29 is 4.79 Å². The second-order valence-electron chi connectivity index (χ2n) is 5.71. The zero-order chi connectivity index (χ0) is 9.57. The van der Waals surface area contributed by atoms with Crippen molar-refractivity contribution in [1.82, 2.24) is 0 Å². The quantitative estimate of drug-likeness (QED) is 0.543. The van der Waals surface area contributed by atoms with Crippen LogP contribution in [-0.4, -0.2) is 5.78 Å². The Kier molecular flexibility index (Phi) is 2.10. The lowest BCUT2D eigenvalue weighted by Gasteiger charge is -2.27. The fourth-order valence-corrected chi connectivity index (χ4v) is 2.06. The van der Waals surface area contributed by atoms with Crippen LogP contribution in [0.3, 0.4) is 0 Å². The van der Waals surface area contributed by atoms with Crippen molar-refractivity contribution in [2.75, 3.05) is 0 Å². The maximum absolute atomic E-state index is 11.9. The van der Waals surface area contributed by atoms with Gasteiger partial charge in [-0.2, -0.15) is 0 Å². The molecule has 0 aromatic rings. The molecular weight excluding hydrogens is 148 g/mol. The van der Waals surface area contributed by atoms with Gasteiger partial charge in [0.2, 0.25) is 0 Å². The van der Waals surface area contributed by atoms with Crippen molar-refractivity contribution in [3.63, 3.8) is 0 Å². The molecular formula is C11H20O. The summed E-state index contributed by atoms with van der Waals surface area (Å²) in [6.45, 7) is 10.6. The molecule has 0 aromatic carbocycles. The average Bonchev–Trinajstić information content (AvgIpc) is 2.06. The van der Waals surface area contributed by atoms with Gasteiger partial charge in [0.15, 0.2) is 0 Å². The van der Waals surface area contributed by atoms with E-state index in [0.29, 0.717) is 5.78 Å². The van der Waals surface area contributed by atoms with Gasteiger partial charge in [-0.05, 0) is 18.3 Å². The van der Waals surface area contributed by atoms with Crippen LogP contribution in [0.15, 0.2) is 0 Å². The van der Waals surface area contributed by atoms with Crippen molar-refractivity contribution in [2.45, 2.75) is 47.5 Å². The summed E-state index contributed by atoms with van der Waals surface area (Å²) in [6.07, 6.45) is 2.14. The molecule has 12 heavy (non-hydrogen) atoms. The molecule has 1 atom stereocenters. The zero-order valence-electron chi connectivity index (χ0n) is 8.90. The molecule has 0 aliphatic heterocycles. The second-order valence-corrected chi connectivity index (χ2v) is 5.71. The van der Waals surface area contributed by atoms with E-state index in [1.807, 2.05) is 0 Å².